The molecule has 0 radical (unpaired) electrons. The maximum absolute atomic E-state index is 12.7. The van der Waals surface area contributed by atoms with Crippen LogP contribution in [0.5, 0.6) is 0 Å². The minimum absolute atomic E-state index is 0.0975. The average molecular weight is 451 g/mol. The second-order valence-corrected chi connectivity index (χ2v) is 7.88. The topological polar surface area (TPSA) is 156 Å². The van der Waals surface area contributed by atoms with E-state index in [1.165, 1.54) is 12.1 Å². The summed E-state index contributed by atoms with van der Waals surface area (Å²) in [5, 5.41) is 14.0. The Labute approximate surface area is 188 Å². The van der Waals surface area contributed by atoms with Crippen LogP contribution in [0.25, 0.3) is 0 Å². The van der Waals surface area contributed by atoms with E-state index in [4.69, 9.17) is 5.73 Å². The van der Waals surface area contributed by atoms with E-state index in [9.17, 15) is 29.3 Å². The third kappa shape index (κ3) is 4.12. The smallest absolute Gasteiger partial charge is 0.282 e. The fourth-order valence-corrected chi connectivity index (χ4v) is 4.20. The molecule has 2 aliphatic rings. The molecule has 1 saturated heterocycles. The van der Waals surface area contributed by atoms with Gasteiger partial charge in [0, 0.05) is 25.1 Å². The SMILES string of the molecule is NC(=O)C1CCN(c2ccccc2NC(=O)CN2C(=O)c3cccc([N+](=O)[O-])c3C2=O)CC1. The van der Waals surface area contributed by atoms with Crippen LogP contribution in [0.4, 0.5) is 17.1 Å². The molecule has 0 unspecified atom stereocenters. The Morgan fingerprint density at radius 3 is 2.42 bits per heavy atom. The van der Waals surface area contributed by atoms with Crippen molar-refractivity contribution in [2.75, 3.05) is 29.9 Å². The molecular formula is C22H21N5O6. The van der Waals surface area contributed by atoms with Gasteiger partial charge in [-0.05, 0) is 31.0 Å². The van der Waals surface area contributed by atoms with Crippen LogP contribution >= 0.6 is 0 Å². The molecule has 0 saturated carbocycles. The highest BCUT2D eigenvalue weighted by molar-refractivity contribution is 6.24. The summed E-state index contributed by atoms with van der Waals surface area (Å²) in [5.74, 6) is -2.75. The Balaban J connectivity index is 1.48. The molecule has 3 N–H and O–H groups in total. The number of para-hydroxylation sites is 2. The molecule has 0 aliphatic carbocycles. The standard InChI is InChI=1S/C22H21N5O6/c23-20(29)13-8-10-25(11-9-13)16-6-2-1-5-15(16)24-18(28)12-26-21(30)14-4-3-7-17(27(32)33)19(14)22(26)31/h1-7,13H,8-12H2,(H2,23,29)(H,24,28). The molecule has 0 aromatic heterocycles. The molecular weight excluding hydrogens is 430 g/mol. The molecule has 0 atom stereocenters. The lowest BCUT2D eigenvalue weighted by atomic mass is 9.96. The summed E-state index contributed by atoms with van der Waals surface area (Å²) in [6.07, 6.45) is 1.21. The Hall–Kier alpha value is -4.28. The number of nitro benzene ring substituents is 1. The normalized spacial score (nSPS) is 16.0. The van der Waals surface area contributed by atoms with Gasteiger partial charge in [-0.2, -0.15) is 0 Å². The van der Waals surface area contributed by atoms with E-state index < -0.39 is 34.9 Å². The van der Waals surface area contributed by atoms with Gasteiger partial charge in [-0.25, -0.2) is 0 Å². The summed E-state index contributed by atoms with van der Waals surface area (Å²) in [7, 11) is 0. The molecule has 11 heteroatoms. The van der Waals surface area contributed by atoms with E-state index in [1.54, 1.807) is 12.1 Å². The van der Waals surface area contributed by atoms with Crippen molar-refractivity contribution in [3.05, 3.63) is 63.7 Å². The molecule has 170 valence electrons. The zero-order chi connectivity index (χ0) is 23.7. The van der Waals surface area contributed by atoms with Gasteiger partial charge in [-0.1, -0.05) is 18.2 Å². The summed E-state index contributed by atoms with van der Waals surface area (Å²) in [6, 6.07) is 10.9. The Morgan fingerprint density at radius 1 is 1.06 bits per heavy atom. The number of nitro groups is 1. The number of carbonyl (C=O) groups excluding carboxylic acids is 4. The highest BCUT2D eigenvalue weighted by atomic mass is 16.6. The number of hydrogen-bond acceptors (Lipinski definition) is 7. The van der Waals surface area contributed by atoms with Crippen LogP contribution in [0.15, 0.2) is 42.5 Å². The van der Waals surface area contributed by atoms with Crippen molar-refractivity contribution in [1.82, 2.24) is 4.90 Å². The van der Waals surface area contributed by atoms with Gasteiger partial charge >= 0.3 is 0 Å². The van der Waals surface area contributed by atoms with Crippen LogP contribution in [-0.2, 0) is 9.59 Å². The molecule has 0 spiro atoms. The first-order chi connectivity index (χ1) is 15.8. The maximum Gasteiger partial charge on any atom is 0.282 e. The highest BCUT2D eigenvalue weighted by Gasteiger charge is 2.41. The fraction of sp³-hybridized carbons (Fsp3) is 0.273. The molecule has 0 bridgehead atoms. The lowest BCUT2D eigenvalue weighted by Gasteiger charge is -2.33. The number of imide groups is 1. The largest absolute Gasteiger partial charge is 0.370 e. The van der Waals surface area contributed by atoms with E-state index in [2.05, 4.69) is 5.32 Å². The molecule has 1 fully saturated rings. The summed E-state index contributed by atoms with van der Waals surface area (Å²) < 4.78 is 0. The lowest BCUT2D eigenvalue weighted by Crippen LogP contribution is -2.39. The Kier molecular flexibility index (Phi) is 5.78. The van der Waals surface area contributed by atoms with Crippen molar-refractivity contribution in [1.29, 1.82) is 0 Å². The van der Waals surface area contributed by atoms with Gasteiger partial charge in [0.2, 0.25) is 11.8 Å². The number of benzene rings is 2. The second-order valence-electron chi connectivity index (χ2n) is 7.88. The summed E-state index contributed by atoms with van der Waals surface area (Å²) in [4.78, 5) is 62.7. The highest BCUT2D eigenvalue weighted by Crippen LogP contribution is 2.32. The Bertz CT molecular complexity index is 1170. The zero-order valence-electron chi connectivity index (χ0n) is 17.5. The Morgan fingerprint density at radius 2 is 1.76 bits per heavy atom. The summed E-state index contributed by atoms with van der Waals surface area (Å²) in [6.45, 7) is 0.590. The van der Waals surface area contributed by atoms with Crippen LogP contribution in [0, 0.1) is 16.0 Å². The van der Waals surface area contributed by atoms with Crippen molar-refractivity contribution in [2.24, 2.45) is 11.7 Å². The van der Waals surface area contributed by atoms with E-state index >= 15 is 0 Å². The lowest BCUT2D eigenvalue weighted by molar-refractivity contribution is -0.385. The predicted molar refractivity (Wildman–Crippen MR) is 118 cm³/mol. The van der Waals surface area contributed by atoms with Gasteiger partial charge in [0.15, 0.2) is 0 Å². The zero-order valence-corrected chi connectivity index (χ0v) is 17.5. The van der Waals surface area contributed by atoms with Gasteiger partial charge in [0.05, 0.1) is 21.9 Å². The number of amides is 4. The third-order valence-electron chi connectivity index (χ3n) is 5.89. The van der Waals surface area contributed by atoms with Crippen molar-refractivity contribution in [2.45, 2.75) is 12.8 Å². The molecule has 2 aromatic carbocycles. The van der Waals surface area contributed by atoms with E-state index in [-0.39, 0.29) is 23.0 Å². The molecule has 33 heavy (non-hydrogen) atoms. The number of nitrogens with zero attached hydrogens (tertiary/aromatic N) is 3. The number of piperidine rings is 1. The molecule has 2 aromatic rings. The van der Waals surface area contributed by atoms with E-state index in [0.29, 0.717) is 36.5 Å². The number of primary amides is 1. The quantitative estimate of drug-likeness (QED) is 0.383. The molecule has 11 nitrogen and oxygen atoms in total. The minimum Gasteiger partial charge on any atom is -0.370 e. The van der Waals surface area contributed by atoms with Gasteiger partial charge in [0.25, 0.3) is 17.5 Å². The number of carbonyl (C=O) groups is 4. The van der Waals surface area contributed by atoms with Gasteiger partial charge < -0.3 is 16.0 Å². The molecule has 4 amide bonds. The van der Waals surface area contributed by atoms with E-state index in [0.717, 1.165) is 11.8 Å². The van der Waals surface area contributed by atoms with Gasteiger partial charge in [-0.15, -0.1) is 0 Å². The van der Waals surface area contributed by atoms with E-state index in [1.807, 2.05) is 17.0 Å². The van der Waals surface area contributed by atoms with Gasteiger partial charge in [0.1, 0.15) is 12.1 Å². The average Bonchev–Trinajstić information content (AvgIpc) is 3.04. The number of hydrogen-bond donors (Lipinski definition) is 2. The van der Waals surface area contributed by atoms with Crippen LogP contribution in [0.2, 0.25) is 0 Å². The minimum atomic E-state index is -0.876. The fourth-order valence-electron chi connectivity index (χ4n) is 4.20. The number of fused-ring (bicyclic) bond motifs is 1. The third-order valence-corrected chi connectivity index (χ3v) is 5.89. The molecule has 2 heterocycles. The summed E-state index contributed by atoms with van der Waals surface area (Å²) >= 11 is 0. The first kappa shape index (κ1) is 21.9. The number of anilines is 2. The number of nitrogens with one attached hydrogen (secondary N) is 1. The first-order valence-electron chi connectivity index (χ1n) is 10.3. The molecule has 2 aliphatic heterocycles. The van der Waals surface area contributed by atoms with Crippen LogP contribution in [-0.4, -0.2) is 53.1 Å². The summed E-state index contributed by atoms with van der Waals surface area (Å²) in [5.41, 5.74) is 5.75. The monoisotopic (exact) mass is 451 g/mol. The second kappa shape index (κ2) is 8.69. The maximum atomic E-state index is 12.7. The van der Waals surface area contributed by atoms with Crippen molar-refractivity contribution in [3.63, 3.8) is 0 Å². The number of rotatable bonds is 6. The first-order valence-corrected chi connectivity index (χ1v) is 10.3. The predicted octanol–water partition coefficient (Wildman–Crippen LogP) is 1.53. The van der Waals surface area contributed by atoms with Gasteiger partial charge in [-0.3, -0.25) is 34.2 Å². The van der Waals surface area contributed by atoms with Crippen molar-refractivity contribution in [3.8, 4) is 0 Å². The van der Waals surface area contributed by atoms with Crippen LogP contribution < -0.4 is 16.0 Å². The van der Waals surface area contributed by atoms with Crippen LogP contribution in [0.3, 0.4) is 0 Å². The number of nitrogens with two attached hydrogens (primary N) is 1. The molecule has 4 rings (SSSR count). The van der Waals surface area contributed by atoms with Crippen molar-refractivity contribution >= 4 is 40.7 Å². The van der Waals surface area contributed by atoms with Crippen molar-refractivity contribution < 1.29 is 24.1 Å². The van der Waals surface area contributed by atoms with Crippen LogP contribution in [0.1, 0.15) is 33.6 Å².